The number of hydrogen-bond donors (Lipinski definition) is 0. The van der Waals surface area contributed by atoms with Crippen LogP contribution in [0.3, 0.4) is 0 Å². The fraction of sp³-hybridized carbons (Fsp3) is 0.429. The number of benzene rings is 1. The lowest BCUT2D eigenvalue weighted by Gasteiger charge is -2.15. The monoisotopic (exact) mass is 340 g/mol. The number of ether oxygens (including phenoxy) is 2. The molecule has 0 amide bonds. The summed E-state index contributed by atoms with van der Waals surface area (Å²) < 4.78 is 10.4. The molecule has 0 fully saturated rings. The van der Waals surface area contributed by atoms with Crippen molar-refractivity contribution in [1.29, 1.82) is 0 Å². The Bertz CT molecular complexity index is 586. The second kappa shape index (κ2) is 8.37. The molecule has 0 bridgehead atoms. The molecule has 1 aromatic carbocycles. The maximum absolute atomic E-state index is 10.9. The first kappa shape index (κ1) is 17.1. The highest BCUT2D eigenvalue weighted by Gasteiger charge is 2.21. The van der Waals surface area contributed by atoms with Crippen LogP contribution in [0.1, 0.15) is 16.4 Å². The van der Waals surface area contributed by atoms with Crippen molar-refractivity contribution >= 4 is 11.8 Å². The molecule has 9 heteroatoms. The van der Waals surface area contributed by atoms with Gasteiger partial charge >= 0.3 is 0 Å². The van der Waals surface area contributed by atoms with Crippen molar-refractivity contribution in [1.82, 2.24) is 0 Å². The minimum absolute atomic E-state index is 0.214. The number of nitro groups is 2. The molecule has 0 aromatic heterocycles. The van der Waals surface area contributed by atoms with Gasteiger partial charge in [-0.05, 0) is 11.1 Å². The van der Waals surface area contributed by atoms with E-state index in [9.17, 15) is 20.2 Å². The predicted molar refractivity (Wildman–Crippen MR) is 84.2 cm³/mol. The van der Waals surface area contributed by atoms with E-state index in [1.807, 2.05) is 18.2 Å². The van der Waals surface area contributed by atoms with Crippen molar-refractivity contribution in [3.63, 3.8) is 0 Å². The largest absolute Gasteiger partial charge is 0.459 e. The van der Waals surface area contributed by atoms with Gasteiger partial charge in [-0.3, -0.25) is 20.2 Å². The molecule has 0 N–H and O–H groups in total. The van der Waals surface area contributed by atoms with Gasteiger partial charge in [0.05, 0.1) is 11.0 Å². The molecule has 23 heavy (non-hydrogen) atoms. The Labute approximate surface area is 136 Å². The molecule has 8 nitrogen and oxygen atoms in total. The number of hydrogen-bond acceptors (Lipinski definition) is 7. The summed E-state index contributed by atoms with van der Waals surface area (Å²) >= 11 is 1.22. The fourth-order valence-corrected chi connectivity index (χ4v) is 3.24. The lowest BCUT2D eigenvalue weighted by molar-refractivity contribution is -0.480. The molecule has 1 heterocycles. The molecule has 0 aliphatic carbocycles. The summed E-state index contributed by atoms with van der Waals surface area (Å²) in [7, 11) is 0. The van der Waals surface area contributed by atoms with Crippen molar-refractivity contribution in [3.05, 3.63) is 68.1 Å². The van der Waals surface area contributed by atoms with Crippen LogP contribution in [0.2, 0.25) is 0 Å². The van der Waals surface area contributed by atoms with E-state index in [1.54, 1.807) is 6.07 Å². The van der Waals surface area contributed by atoms with Gasteiger partial charge in [-0.15, -0.1) is 11.8 Å². The molecular formula is C14H16N2O6S. The van der Waals surface area contributed by atoms with Crippen LogP contribution >= 0.6 is 11.8 Å². The first-order valence-electron chi connectivity index (χ1n) is 6.94. The Morgan fingerprint density at radius 3 is 2.57 bits per heavy atom. The molecule has 1 aliphatic heterocycles. The maximum atomic E-state index is 10.9. The van der Waals surface area contributed by atoms with E-state index in [4.69, 9.17) is 9.47 Å². The standard InChI is InChI=1S/C14H16N2O6S/c17-15(18)4-7-23-13(10-16(19)20)12-3-1-2-11(8-12)9-14-21-5-6-22-14/h1-3,5-6,8,13-14H,4,7,9-10H2. The lowest BCUT2D eigenvalue weighted by atomic mass is 10.1. The van der Waals surface area contributed by atoms with Crippen LogP contribution < -0.4 is 0 Å². The highest BCUT2D eigenvalue weighted by molar-refractivity contribution is 7.99. The molecule has 1 aromatic rings. The fourth-order valence-electron chi connectivity index (χ4n) is 2.14. The van der Waals surface area contributed by atoms with Gasteiger partial charge in [0.25, 0.3) is 0 Å². The summed E-state index contributed by atoms with van der Waals surface area (Å²) in [5.74, 6) is 0.231. The van der Waals surface area contributed by atoms with Crippen LogP contribution in [0, 0.1) is 20.2 Å². The topological polar surface area (TPSA) is 105 Å². The van der Waals surface area contributed by atoms with Gasteiger partial charge in [0.2, 0.25) is 19.4 Å². The van der Waals surface area contributed by atoms with Gasteiger partial charge in [0.15, 0.2) is 0 Å². The van der Waals surface area contributed by atoms with E-state index < -0.39 is 15.1 Å². The van der Waals surface area contributed by atoms with Crippen molar-refractivity contribution < 1.29 is 19.3 Å². The second-order valence-electron chi connectivity index (χ2n) is 4.85. The Kier molecular flexibility index (Phi) is 6.21. The molecule has 0 spiro atoms. The second-order valence-corrected chi connectivity index (χ2v) is 6.16. The zero-order valence-electron chi connectivity index (χ0n) is 12.2. The van der Waals surface area contributed by atoms with E-state index in [2.05, 4.69) is 0 Å². The smallest absolute Gasteiger partial charge is 0.243 e. The molecule has 1 aliphatic rings. The summed E-state index contributed by atoms with van der Waals surface area (Å²) in [6.45, 7) is -0.488. The first-order valence-corrected chi connectivity index (χ1v) is 7.99. The number of nitrogens with zero attached hydrogens (tertiary/aromatic N) is 2. The molecule has 0 radical (unpaired) electrons. The first-order chi connectivity index (χ1) is 11.0. The molecule has 1 unspecified atom stereocenters. The van der Waals surface area contributed by atoms with Crippen molar-refractivity contribution in [2.45, 2.75) is 18.0 Å². The lowest BCUT2D eigenvalue weighted by Crippen LogP contribution is -2.14. The van der Waals surface area contributed by atoms with Gasteiger partial charge in [0, 0.05) is 16.3 Å². The summed E-state index contributed by atoms with van der Waals surface area (Å²) in [6, 6.07) is 7.36. The minimum Gasteiger partial charge on any atom is -0.459 e. The minimum atomic E-state index is -0.423. The SMILES string of the molecule is O=[N+]([O-])CCSC(C[N+](=O)[O-])c1cccc(CC2OC=CO2)c1. The summed E-state index contributed by atoms with van der Waals surface area (Å²) in [4.78, 5) is 20.4. The van der Waals surface area contributed by atoms with Gasteiger partial charge in [-0.2, -0.15) is 0 Å². The zero-order chi connectivity index (χ0) is 16.7. The van der Waals surface area contributed by atoms with Crippen LogP contribution in [0.25, 0.3) is 0 Å². The third-order valence-electron chi connectivity index (χ3n) is 3.15. The average molecular weight is 340 g/mol. The third-order valence-corrected chi connectivity index (χ3v) is 4.39. The molecule has 2 rings (SSSR count). The molecule has 0 saturated heterocycles. The quantitative estimate of drug-likeness (QED) is 0.502. The predicted octanol–water partition coefficient (Wildman–Crippen LogP) is 2.40. The molecule has 124 valence electrons. The van der Waals surface area contributed by atoms with Gasteiger partial charge in [-0.1, -0.05) is 24.3 Å². The Hall–Kier alpha value is -2.29. The molecule has 1 atom stereocenters. The normalized spacial score (nSPS) is 15.0. The number of rotatable bonds is 9. The van der Waals surface area contributed by atoms with E-state index in [0.29, 0.717) is 6.42 Å². The summed E-state index contributed by atoms with van der Waals surface area (Å²) in [6.07, 6.45) is 3.07. The van der Waals surface area contributed by atoms with E-state index >= 15 is 0 Å². The van der Waals surface area contributed by atoms with Crippen LogP contribution in [0.5, 0.6) is 0 Å². The van der Waals surface area contributed by atoms with Crippen molar-refractivity contribution in [2.75, 3.05) is 18.8 Å². The van der Waals surface area contributed by atoms with Crippen LogP contribution in [-0.4, -0.2) is 35.0 Å². The van der Waals surface area contributed by atoms with Gasteiger partial charge < -0.3 is 9.47 Å². The highest BCUT2D eigenvalue weighted by atomic mass is 32.2. The zero-order valence-corrected chi connectivity index (χ0v) is 13.0. The molecular weight excluding hydrogens is 324 g/mol. The Morgan fingerprint density at radius 1 is 1.17 bits per heavy atom. The Balaban J connectivity index is 2.03. The summed E-state index contributed by atoms with van der Waals surface area (Å²) in [5.41, 5.74) is 1.71. The van der Waals surface area contributed by atoms with Crippen molar-refractivity contribution in [3.8, 4) is 0 Å². The average Bonchev–Trinajstić information content (AvgIpc) is 2.98. The van der Waals surface area contributed by atoms with E-state index in [0.717, 1.165) is 11.1 Å². The van der Waals surface area contributed by atoms with E-state index in [-0.39, 0.29) is 25.1 Å². The van der Waals surface area contributed by atoms with Gasteiger partial charge in [0.1, 0.15) is 12.5 Å². The highest BCUT2D eigenvalue weighted by Crippen LogP contribution is 2.30. The molecule has 0 saturated carbocycles. The van der Waals surface area contributed by atoms with Crippen LogP contribution in [0.4, 0.5) is 0 Å². The summed E-state index contributed by atoms with van der Waals surface area (Å²) in [5, 5.41) is 20.8. The van der Waals surface area contributed by atoms with Crippen LogP contribution in [-0.2, 0) is 15.9 Å². The Morgan fingerprint density at radius 2 is 1.91 bits per heavy atom. The number of thioether (sulfide) groups is 1. The van der Waals surface area contributed by atoms with E-state index in [1.165, 1.54) is 24.3 Å². The third kappa shape index (κ3) is 5.78. The van der Waals surface area contributed by atoms with Crippen molar-refractivity contribution in [2.24, 2.45) is 0 Å². The van der Waals surface area contributed by atoms with Gasteiger partial charge in [-0.25, -0.2) is 0 Å². The maximum Gasteiger partial charge on any atom is 0.243 e. The van der Waals surface area contributed by atoms with Crippen LogP contribution in [0.15, 0.2) is 36.8 Å².